The van der Waals surface area contributed by atoms with Crippen molar-refractivity contribution in [1.82, 2.24) is 10.2 Å². The van der Waals surface area contributed by atoms with Crippen LogP contribution in [0.2, 0.25) is 0 Å². The Bertz CT molecular complexity index is 7910. The summed E-state index contributed by atoms with van der Waals surface area (Å²) in [7, 11) is 0. The Labute approximate surface area is 481 Å². The van der Waals surface area contributed by atoms with E-state index in [2.05, 4.69) is 35.6 Å². The van der Waals surface area contributed by atoms with Crippen LogP contribution in [0.4, 0.5) is 4.79 Å². The van der Waals surface area contributed by atoms with Gasteiger partial charge < -0.3 is 5.32 Å². The molecule has 87 heavy (non-hydrogen) atoms. The van der Waals surface area contributed by atoms with E-state index in [0.717, 1.165) is 69.1 Å². The zero-order chi connectivity index (χ0) is 53.1. The van der Waals surface area contributed by atoms with Crippen LogP contribution in [0.5, 0.6) is 0 Å². The fraction of sp³-hybridized carbons (Fsp3) is 0.183. The van der Waals surface area contributed by atoms with Crippen molar-refractivity contribution in [1.29, 1.82) is 0 Å². The molecule has 0 saturated heterocycles. The van der Waals surface area contributed by atoms with Gasteiger partial charge in [-0.25, -0.2) is 4.79 Å². The minimum Gasteiger partial charge on any atom is -0.335 e. The third kappa shape index (κ3) is 2.31. The molecule has 1 N–H and O–H groups in total. The number of imide groups is 1. The van der Waals surface area contributed by atoms with Crippen molar-refractivity contribution in [2.24, 2.45) is 4.99 Å². The second-order valence-corrected chi connectivity index (χ2v) is 31.3. The number of amides is 3. The molecule has 36 rings (SSSR count). The van der Waals surface area contributed by atoms with E-state index in [-0.39, 0.29) is 24.0 Å². The molecule has 2 fully saturated rings. The molecule has 1 heterocycles. The summed E-state index contributed by atoms with van der Waals surface area (Å²) in [5.74, 6) is -0.0574. The summed E-state index contributed by atoms with van der Waals surface area (Å²) < 4.78 is 0. The SMILES string of the molecule is O=C(NC1CCCCC1)N(C(=O)C1N=C(c2ccccc2)C23c4c5c6c7c8c9c(c%10c%11c2c2c4c4c%12c5c5c6c6c8c8c%13c9c9c%10c%10c%11c%11c2c2c4c4c%12c%12c5c5c6c8c6c8c%13c9c9c%10c%10c%11c2c2c4c4c%12c5c6c5c8c9c%10c2c45)C713)C1CCCCC1. The maximum absolute atomic E-state index is 18.2. The van der Waals surface area contributed by atoms with Gasteiger partial charge in [0.15, 0.2) is 0 Å². The number of hydrogen-bond acceptors (Lipinski definition) is 3. The van der Waals surface area contributed by atoms with Crippen LogP contribution in [-0.4, -0.2) is 40.7 Å². The minimum atomic E-state index is -1.00. The first-order valence-electron chi connectivity index (χ1n) is 33.3. The molecule has 1 atom stereocenters. The van der Waals surface area contributed by atoms with E-state index >= 15 is 9.59 Å². The molecule has 3 amide bonds. The Morgan fingerprint density at radius 3 is 0.897 bits per heavy atom. The number of urea groups is 1. The van der Waals surface area contributed by atoms with E-state index in [1.807, 2.05) is 4.90 Å². The van der Waals surface area contributed by atoms with Gasteiger partial charge in [-0.2, -0.15) is 0 Å². The molecule has 0 aromatic heterocycles. The van der Waals surface area contributed by atoms with Crippen molar-refractivity contribution >= 4 is 309 Å². The second-order valence-electron chi connectivity index (χ2n) is 31.3. The summed E-state index contributed by atoms with van der Waals surface area (Å²) in [6.07, 6.45) is 10.2. The Morgan fingerprint density at radius 2 is 0.598 bits per heavy atom. The molecule has 1 aliphatic heterocycles. The predicted molar refractivity (Wildman–Crippen MR) is 360 cm³/mol. The zero-order valence-electron chi connectivity index (χ0n) is 45.9. The van der Waals surface area contributed by atoms with E-state index in [1.165, 1.54) is 147 Å². The normalized spacial score (nSPS) is 23.7. The molecule has 29 aromatic rings. The average Bonchev–Trinajstić information content (AvgIpc) is 1.38. The van der Waals surface area contributed by atoms with E-state index < -0.39 is 16.9 Å². The molecule has 6 aliphatic carbocycles. The summed E-state index contributed by atoms with van der Waals surface area (Å²) in [6, 6.07) is 10.2. The predicted octanol–water partition coefficient (Wildman–Crippen LogP) is 20.4. The van der Waals surface area contributed by atoms with Crippen molar-refractivity contribution in [3.8, 4) is 0 Å². The zero-order valence-corrected chi connectivity index (χ0v) is 45.9. The van der Waals surface area contributed by atoms with Gasteiger partial charge in [-0.15, -0.1) is 0 Å². The third-order valence-corrected chi connectivity index (χ3v) is 30.0. The number of hydrogen-bond donors (Lipinski definition) is 1. The molecule has 29 aromatic carbocycles. The van der Waals surface area contributed by atoms with Crippen LogP contribution in [0.1, 0.15) is 92.0 Å². The lowest BCUT2D eigenvalue weighted by molar-refractivity contribution is -0.133. The number of carbonyl (C=O) groups excluding carboxylic acids is 2. The number of carbonyl (C=O) groups is 2. The standard InChI is InChI=1S/C82H29N3O2/c86-79(85(18-14-8-3-9-15-18)80(87)83-17-12-6-2-7-13-17)78-82-75-69-59-49-39-31-23-20-19-21-25-27(23)35-41-33(25)43-37-29(21)30-22(19)26-28-24(20)32(31)40-46-36(28)42-34(26)44-38(30)48-47(37)57-51(43)61-55(41)63(53(59)45(35)39)71(75)67(61)73-65(57)66-58(48)52(44)62-56(42)64-54(46)60(50(40)49)70(69)76(82)72(64)68(62)74(66)81(73,82)77(84-78)16-10-4-1-5-11-16/h1,4-5,10-11,17-18,78H,2-3,6-9,12-15H2,(H,83,87). The molecule has 384 valence electrons. The van der Waals surface area contributed by atoms with Gasteiger partial charge in [-0.3, -0.25) is 14.7 Å². The van der Waals surface area contributed by atoms with Crippen LogP contribution in [0.3, 0.4) is 0 Å². The summed E-state index contributed by atoms with van der Waals surface area (Å²) >= 11 is 0. The highest BCUT2D eigenvalue weighted by molar-refractivity contribution is 6.82. The van der Waals surface area contributed by atoms with E-state index in [9.17, 15) is 0 Å². The maximum atomic E-state index is 18.2. The number of nitrogens with one attached hydrogen (secondary N) is 1. The average molecular weight is 1090 g/mol. The van der Waals surface area contributed by atoms with E-state index in [1.54, 1.807) is 172 Å². The van der Waals surface area contributed by atoms with Crippen LogP contribution in [-0.2, 0) is 15.6 Å². The van der Waals surface area contributed by atoms with Crippen molar-refractivity contribution in [3.63, 3.8) is 0 Å². The van der Waals surface area contributed by atoms with Gasteiger partial charge >= 0.3 is 6.03 Å². The topological polar surface area (TPSA) is 61.8 Å². The first-order valence-corrected chi connectivity index (χ1v) is 33.3. The highest BCUT2D eigenvalue weighted by Crippen LogP contribution is 2.86. The van der Waals surface area contributed by atoms with Gasteiger partial charge in [-0.05, 0) is 344 Å². The molecule has 2 spiro atoms. The summed E-state index contributed by atoms with van der Waals surface area (Å²) in [5, 5.41) is 87.0. The van der Waals surface area contributed by atoms with Crippen LogP contribution >= 0.6 is 0 Å². The lowest BCUT2D eigenvalue weighted by Gasteiger charge is -2.52. The Balaban J connectivity index is 0.943. The first kappa shape index (κ1) is 36.3. The van der Waals surface area contributed by atoms with Crippen LogP contribution < -0.4 is 5.32 Å². The van der Waals surface area contributed by atoms with Crippen molar-refractivity contribution in [2.45, 2.75) is 93.2 Å². The third-order valence-electron chi connectivity index (χ3n) is 30.0. The van der Waals surface area contributed by atoms with Gasteiger partial charge in [0, 0.05) is 12.1 Å². The monoisotopic (exact) mass is 1090 g/mol. The number of benzene rings is 19. The highest BCUT2D eigenvalue weighted by Gasteiger charge is 2.78. The van der Waals surface area contributed by atoms with E-state index in [0.29, 0.717) is 0 Å². The second kappa shape index (κ2) is 9.16. The van der Waals surface area contributed by atoms with Crippen LogP contribution in [0, 0.1) is 0 Å². The smallest absolute Gasteiger partial charge is 0.324 e. The lowest BCUT2D eigenvalue weighted by Crippen LogP contribution is -2.63. The Kier molecular flexibility index (Phi) is 3.82. The molecule has 0 bridgehead atoms. The molecule has 0 radical (unpaired) electrons. The van der Waals surface area contributed by atoms with Gasteiger partial charge in [0.05, 0.1) is 16.5 Å². The summed E-state index contributed by atoms with van der Waals surface area (Å²) in [6.45, 7) is 0. The molecule has 1 unspecified atom stereocenters. The van der Waals surface area contributed by atoms with Gasteiger partial charge in [-0.1, -0.05) is 68.9 Å². The van der Waals surface area contributed by atoms with Gasteiger partial charge in [0.25, 0.3) is 5.91 Å². The lowest BCUT2D eigenvalue weighted by atomic mass is 9.45. The van der Waals surface area contributed by atoms with Crippen molar-refractivity contribution < 1.29 is 9.59 Å². The molecule has 5 heteroatoms. The Hall–Kier alpha value is -9.71. The molecule has 7 aliphatic rings. The summed E-state index contributed by atoms with van der Waals surface area (Å²) in [5.41, 5.74) is 6.10. The quantitative estimate of drug-likeness (QED) is 0.179. The number of nitrogens with zero attached hydrogens (tertiary/aromatic N) is 2. The first-order chi connectivity index (χ1) is 43.2. The molecule has 2 saturated carbocycles. The van der Waals surface area contributed by atoms with Crippen LogP contribution in [0.15, 0.2) is 35.3 Å². The van der Waals surface area contributed by atoms with Crippen molar-refractivity contribution in [2.75, 3.05) is 0 Å². The van der Waals surface area contributed by atoms with Gasteiger partial charge in [0.1, 0.15) is 6.04 Å². The maximum Gasteiger partial charge on any atom is 0.324 e. The summed E-state index contributed by atoms with van der Waals surface area (Å²) in [4.78, 5) is 42.8. The van der Waals surface area contributed by atoms with Crippen LogP contribution in [0.25, 0.3) is 291 Å². The molecular weight excluding hydrogens is 1060 g/mol. The van der Waals surface area contributed by atoms with Crippen molar-refractivity contribution in [3.05, 3.63) is 58.1 Å². The molecular formula is C82H29N3O2. The van der Waals surface area contributed by atoms with Gasteiger partial charge in [0.2, 0.25) is 0 Å². The fourth-order valence-electron chi connectivity index (χ4n) is 29.1. The molecule has 5 nitrogen and oxygen atoms in total. The highest BCUT2D eigenvalue weighted by atomic mass is 16.2. The number of rotatable bonds is 4. The fourth-order valence-corrected chi connectivity index (χ4v) is 29.1. The largest absolute Gasteiger partial charge is 0.335 e. The van der Waals surface area contributed by atoms with E-state index in [4.69, 9.17) is 4.99 Å². The Morgan fingerprint density at radius 1 is 0.333 bits per heavy atom. The minimum absolute atomic E-state index is 0.0574. The number of aliphatic imine (C=N–C) groups is 1.